The van der Waals surface area contributed by atoms with Crippen LogP contribution in [0.2, 0.25) is 0 Å². The summed E-state index contributed by atoms with van der Waals surface area (Å²) in [5, 5.41) is 6.39. The van der Waals surface area contributed by atoms with Gasteiger partial charge in [-0.1, -0.05) is 19.1 Å². The molecule has 2 aromatic rings. The van der Waals surface area contributed by atoms with E-state index in [1.165, 1.54) is 12.8 Å². The maximum absolute atomic E-state index is 12.3. The Labute approximate surface area is 149 Å². The number of aryl methyl sites for hydroxylation is 1. The molecule has 6 heteroatoms. The second-order valence-electron chi connectivity index (χ2n) is 6.36. The van der Waals surface area contributed by atoms with E-state index in [2.05, 4.69) is 33.2 Å². The molecule has 2 N–H and O–H groups in total. The highest BCUT2D eigenvalue weighted by molar-refractivity contribution is 5.91. The molecule has 1 aliphatic rings. The number of fused-ring (bicyclic) bond motifs is 1. The van der Waals surface area contributed by atoms with Crippen molar-refractivity contribution in [3.8, 4) is 0 Å². The molecular weight excluding hydrogens is 324 g/mol. The third-order valence-electron chi connectivity index (χ3n) is 4.59. The number of imidazole rings is 1. The third-order valence-corrected chi connectivity index (χ3v) is 4.59. The van der Waals surface area contributed by atoms with Crippen molar-refractivity contribution in [3.05, 3.63) is 24.3 Å². The smallest absolute Gasteiger partial charge is 0.226 e. The van der Waals surface area contributed by atoms with Crippen LogP contribution in [0.5, 0.6) is 0 Å². The van der Waals surface area contributed by atoms with E-state index in [4.69, 9.17) is 0 Å². The van der Waals surface area contributed by atoms with Crippen LogP contribution in [-0.2, 0) is 11.3 Å². The van der Waals surface area contributed by atoms with E-state index in [0.717, 1.165) is 43.5 Å². The summed E-state index contributed by atoms with van der Waals surface area (Å²) in [5.41, 5.74) is 2.03. The van der Waals surface area contributed by atoms with Gasteiger partial charge in [0.15, 0.2) is 0 Å². The molecule has 0 radical (unpaired) electrons. The number of carbonyl (C=O) groups is 1. The number of nitrogens with zero attached hydrogens (tertiary/aromatic N) is 2. The first-order chi connectivity index (χ1) is 11.3. The second-order valence-corrected chi connectivity index (χ2v) is 6.36. The standard InChI is InChI=1S/C18H26N4O.ClH/c1-2-13-22-16-6-4-3-5-15(16)20-18(22)21-17(23)8-7-14-9-11-19-12-10-14;/h3-6,14,19H,2,7-13H2,1H3,(H,20,21,23);1H. The molecule has 2 heterocycles. The van der Waals surface area contributed by atoms with Gasteiger partial charge in [-0.05, 0) is 56.8 Å². The fourth-order valence-electron chi connectivity index (χ4n) is 3.31. The average Bonchev–Trinajstić information content (AvgIpc) is 2.92. The van der Waals surface area contributed by atoms with Gasteiger partial charge in [-0.25, -0.2) is 4.98 Å². The van der Waals surface area contributed by atoms with Crippen LogP contribution in [0, 0.1) is 5.92 Å². The zero-order valence-corrected chi connectivity index (χ0v) is 15.1. The lowest BCUT2D eigenvalue weighted by atomic mass is 9.93. The van der Waals surface area contributed by atoms with Crippen molar-refractivity contribution in [1.29, 1.82) is 0 Å². The summed E-state index contributed by atoms with van der Waals surface area (Å²) in [6.07, 6.45) is 4.93. The number of anilines is 1. The molecule has 1 amide bonds. The molecule has 132 valence electrons. The van der Waals surface area contributed by atoms with Gasteiger partial charge in [0.2, 0.25) is 11.9 Å². The minimum absolute atomic E-state index is 0. The van der Waals surface area contributed by atoms with Crippen molar-refractivity contribution in [1.82, 2.24) is 14.9 Å². The number of aromatic nitrogens is 2. The highest BCUT2D eigenvalue weighted by Gasteiger charge is 2.16. The summed E-state index contributed by atoms with van der Waals surface area (Å²) < 4.78 is 2.11. The number of para-hydroxylation sites is 2. The largest absolute Gasteiger partial charge is 0.317 e. The van der Waals surface area contributed by atoms with Crippen LogP contribution in [0.25, 0.3) is 11.0 Å². The van der Waals surface area contributed by atoms with Crippen LogP contribution in [0.4, 0.5) is 5.95 Å². The molecule has 1 saturated heterocycles. The normalized spacial score (nSPS) is 15.2. The molecule has 0 bridgehead atoms. The Morgan fingerprint density at radius 3 is 2.83 bits per heavy atom. The fraction of sp³-hybridized carbons (Fsp3) is 0.556. The Hall–Kier alpha value is -1.59. The molecule has 1 aromatic heterocycles. The van der Waals surface area contributed by atoms with Gasteiger partial charge in [-0.2, -0.15) is 0 Å². The Morgan fingerprint density at radius 2 is 2.08 bits per heavy atom. The lowest BCUT2D eigenvalue weighted by Gasteiger charge is -2.22. The summed E-state index contributed by atoms with van der Waals surface area (Å²) in [5.74, 6) is 1.44. The van der Waals surface area contributed by atoms with Crippen molar-refractivity contribution >= 4 is 35.3 Å². The molecule has 3 rings (SSSR count). The van der Waals surface area contributed by atoms with Gasteiger partial charge in [0, 0.05) is 13.0 Å². The van der Waals surface area contributed by atoms with E-state index >= 15 is 0 Å². The molecule has 0 aliphatic carbocycles. The number of amides is 1. The summed E-state index contributed by atoms with van der Waals surface area (Å²) in [7, 11) is 0. The van der Waals surface area contributed by atoms with Gasteiger partial charge in [0.1, 0.15) is 0 Å². The predicted octanol–water partition coefficient (Wildman–Crippen LogP) is 3.59. The lowest BCUT2D eigenvalue weighted by molar-refractivity contribution is -0.116. The van der Waals surface area contributed by atoms with E-state index in [-0.39, 0.29) is 18.3 Å². The topological polar surface area (TPSA) is 59.0 Å². The molecule has 0 atom stereocenters. The Morgan fingerprint density at radius 1 is 1.33 bits per heavy atom. The van der Waals surface area contributed by atoms with E-state index in [1.807, 2.05) is 18.2 Å². The second kappa shape index (κ2) is 9.04. The molecule has 0 saturated carbocycles. The van der Waals surface area contributed by atoms with Crippen molar-refractivity contribution in [3.63, 3.8) is 0 Å². The van der Waals surface area contributed by atoms with E-state index in [0.29, 0.717) is 18.3 Å². The fourth-order valence-corrected chi connectivity index (χ4v) is 3.31. The molecule has 0 unspecified atom stereocenters. The summed E-state index contributed by atoms with van der Waals surface area (Å²) >= 11 is 0. The Balaban J connectivity index is 0.00000208. The summed E-state index contributed by atoms with van der Waals surface area (Å²) in [6.45, 7) is 5.17. The Bertz CT molecular complexity index is 664. The number of carbonyl (C=O) groups excluding carboxylic acids is 1. The average molecular weight is 351 g/mol. The zero-order valence-electron chi connectivity index (χ0n) is 14.3. The molecule has 1 fully saturated rings. The van der Waals surface area contributed by atoms with Crippen LogP contribution < -0.4 is 10.6 Å². The number of nitrogens with one attached hydrogen (secondary N) is 2. The highest BCUT2D eigenvalue weighted by Crippen LogP contribution is 2.21. The number of hydrogen-bond acceptors (Lipinski definition) is 3. The van der Waals surface area contributed by atoms with Crippen LogP contribution in [-0.4, -0.2) is 28.5 Å². The molecule has 5 nitrogen and oxygen atoms in total. The molecule has 1 aliphatic heterocycles. The maximum Gasteiger partial charge on any atom is 0.226 e. The first-order valence-corrected chi connectivity index (χ1v) is 8.73. The summed E-state index contributed by atoms with van der Waals surface area (Å²) in [6, 6.07) is 8.04. The summed E-state index contributed by atoms with van der Waals surface area (Å²) in [4.78, 5) is 16.9. The number of piperidine rings is 1. The van der Waals surface area contributed by atoms with E-state index in [9.17, 15) is 4.79 Å². The predicted molar refractivity (Wildman–Crippen MR) is 101 cm³/mol. The van der Waals surface area contributed by atoms with Gasteiger partial charge in [0.25, 0.3) is 0 Å². The van der Waals surface area contributed by atoms with E-state index in [1.54, 1.807) is 0 Å². The first kappa shape index (κ1) is 18.7. The van der Waals surface area contributed by atoms with Crippen LogP contribution in [0.1, 0.15) is 39.0 Å². The molecule has 1 aromatic carbocycles. The van der Waals surface area contributed by atoms with Crippen molar-refractivity contribution in [2.75, 3.05) is 18.4 Å². The van der Waals surface area contributed by atoms with Crippen molar-refractivity contribution < 1.29 is 4.79 Å². The van der Waals surface area contributed by atoms with Gasteiger partial charge in [0.05, 0.1) is 11.0 Å². The molecule has 24 heavy (non-hydrogen) atoms. The molecular formula is C18H27ClN4O. The van der Waals surface area contributed by atoms with Gasteiger partial charge in [-0.15, -0.1) is 12.4 Å². The number of halogens is 1. The number of rotatable bonds is 6. The quantitative estimate of drug-likeness (QED) is 0.837. The lowest BCUT2D eigenvalue weighted by Crippen LogP contribution is -2.28. The van der Waals surface area contributed by atoms with Crippen LogP contribution in [0.3, 0.4) is 0 Å². The number of hydrogen-bond donors (Lipinski definition) is 2. The van der Waals surface area contributed by atoms with Crippen molar-refractivity contribution in [2.45, 2.75) is 45.6 Å². The highest BCUT2D eigenvalue weighted by atomic mass is 35.5. The van der Waals surface area contributed by atoms with Crippen LogP contribution in [0.15, 0.2) is 24.3 Å². The first-order valence-electron chi connectivity index (χ1n) is 8.73. The van der Waals surface area contributed by atoms with Gasteiger partial charge >= 0.3 is 0 Å². The van der Waals surface area contributed by atoms with E-state index < -0.39 is 0 Å². The van der Waals surface area contributed by atoms with Gasteiger partial charge in [-0.3, -0.25) is 10.1 Å². The monoisotopic (exact) mass is 350 g/mol. The van der Waals surface area contributed by atoms with Crippen molar-refractivity contribution in [2.24, 2.45) is 5.92 Å². The molecule has 0 spiro atoms. The zero-order chi connectivity index (χ0) is 16.1. The van der Waals surface area contributed by atoms with Crippen LogP contribution >= 0.6 is 12.4 Å². The SMILES string of the molecule is CCCn1c(NC(=O)CCC2CCNCC2)nc2ccccc21.Cl. The number of benzene rings is 1. The minimum Gasteiger partial charge on any atom is -0.317 e. The minimum atomic E-state index is 0. The maximum atomic E-state index is 12.3. The Kier molecular flexibility index (Phi) is 7.06. The third kappa shape index (κ3) is 4.48. The van der Waals surface area contributed by atoms with Gasteiger partial charge < -0.3 is 9.88 Å².